The van der Waals surface area contributed by atoms with E-state index in [1.807, 2.05) is 32.0 Å². The summed E-state index contributed by atoms with van der Waals surface area (Å²) in [5, 5.41) is 6.86. The van der Waals surface area contributed by atoms with Gasteiger partial charge in [0, 0.05) is 31.3 Å². The summed E-state index contributed by atoms with van der Waals surface area (Å²) in [5.74, 6) is 0.269. The Hall–Kier alpha value is -2.70. The van der Waals surface area contributed by atoms with Gasteiger partial charge in [0.25, 0.3) is 5.91 Å². The number of carbonyl (C=O) groups is 2. The molecular formula is C19H24N4O3. The maximum atomic E-state index is 12.5. The molecule has 1 fully saturated rings. The van der Waals surface area contributed by atoms with E-state index in [0.717, 1.165) is 11.4 Å². The molecule has 0 bridgehead atoms. The lowest BCUT2D eigenvalue weighted by Gasteiger charge is -2.30. The Morgan fingerprint density at radius 2 is 2.08 bits per heavy atom. The molecule has 1 aliphatic heterocycles. The van der Waals surface area contributed by atoms with E-state index in [4.69, 9.17) is 4.52 Å². The highest BCUT2D eigenvalue weighted by Gasteiger charge is 2.29. The maximum Gasteiger partial charge on any atom is 0.292 e. The monoisotopic (exact) mass is 356 g/mol. The lowest BCUT2D eigenvalue weighted by molar-refractivity contribution is -0.126. The molecule has 2 amide bonds. The van der Waals surface area contributed by atoms with Crippen LogP contribution >= 0.6 is 0 Å². The Morgan fingerprint density at radius 1 is 1.31 bits per heavy atom. The van der Waals surface area contributed by atoms with Gasteiger partial charge in [-0.05, 0) is 30.9 Å². The van der Waals surface area contributed by atoms with Crippen molar-refractivity contribution in [3.8, 4) is 0 Å². The fourth-order valence-electron chi connectivity index (χ4n) is 2.99. The minimum absolute atomic E-state index is 0.0181. The molecule has 1 aliphatic rings. The molecule has 0 spiro atoms. The molecule has 3 rings (SSSR count). The normalized spacial score (nSPS) is 15.3. The summed E-state index contributed by atoms with van der Waals surface area (Å²) in [6, 6.07) is 7.33. The Kier molecular flexibility index (Phi) is 5.65. The van der Waals surface area contributed by atoms with Crippen LogP contribution in [0, 0.1) is 5.92 Å². The average Bonchev–Trinajstić information content (AvgIpc) is 3.17. The second-order valence-corrected chi connectivity index (χ2v) is 6.88. The number of piperidine rings is 1. The third-order valence-corrected chi connectivity index (χ3v) is 4.65. The number of amides is 2. The number of hydrogen-bond donors (Lipinski definition) is 1. The van der Waals surface area contributed by atoms with Crippen LogP contribution in [-0.2, 0) is 11.3 Å². The third-order valence-electron chi connectivity index (χ3n) is 4.65. The van der Waals surface area contributed by atoms with E-state index < -0.39 is 0 Å². The summed E-state index contributed by atoms with van der Waals surface area (Å²) in [6.45, 7) is 5.51. The van der Waals surface area contributed by atoms with Gasteiger partial charge in [0.15, 0.2) is 0 Å². The molecule has 138 valence electrons. The van der Waals surface area contributed by atoms with Crippen molar-refractivity contribution in [2.75, 3.05) is 13.1 Å². The van der Waals surface area contributed by atoms with Gasteiger partial charge in [-0.2, -0.15) is 0 Å². The summed E-state index contributed by atoms with van der Waals surface area (Å²) >= 11 is 0. The van der Waals surface area contributed by atoms with Crippen molar-refractivity contribution in [1.82, 2.24) is 20.4 Å². The summed E-state index contributed by atoms with van der Waals surface area (Å²) in [7, 11) is 0. The second-order valence-electron chi connectivity index (χ2n) is 6.88. The SMILES string of the molecule is CC(C)c1cc(C(=O)N2CCC(C(=O)NCc3ccccn3)CC2)on1. The molecule has 2 aromatic heterocycles. The third kappa shape index (κ3) is 4.28. The Morgan fingerprint density at radius 3 is 2.69 bits per heavy atom. The molecule has 1 N–H and O–H groups in total. The molecule has 3 heterocycles. The zero-order valence-electron chi connectivity index (χ0n) is 15.1. The summed E-state index contributed by atoms with van der Waals surface area (Å²) in [6.07, 6.45) is 3.00. The zero-order valence-corrected chi connectivity index (χ0v) is 15.1. The van der Waals surface area contributed by atoms with E-state index >= 15 is 0 Å². The average molecular weight is 356 g/mol. The number of rotatable bonds is 5. The van der Waals surface area contributed by atoms with Crippen LogP contribution in [0.1, 0.15) is 54.5 Å². The Balaban J connectivity index is 1.48. The van der Waals surface area contributed by atoms with Crippen LogP contribution in [0.5, 0.6) is 0 Å². The van der Waals surface area contributed by atoms with Gasteiger partial charge in [-0.3, -0.25) is 14.6 Å². The maximum absolute atomic E-state index is 12.5. The standard InChI is InChI=1S/C19H24N4O3/c1-13(2)16-11-17(26-22-16)19(25)23-9-6-14(7-10-23)18(24)21-12-15-5-3-4-8-20-15/h3-5,8,11,13-14H,6-7,9-10,12H2,1-2H3,(H,21,24). The van der Waals surface area contributed by atoms with Gasteiger partial charge in [0.1, 0.15) is 0 Å². The van der Waals surface area contributed by atoms with Crippen molar-refractivity contribution in [2.24, 2.45) is 5.92 Å². The summed E-state index contributed by atoms with van der Waals surface area (Å²) in [5.41, 5.74) is 1.61. The highest BCUT2D eigenvalue weighted by Crippen LogP contribution is 2.21. The van der Waals surface area contributed by atoms with Gasteiger partial charge >= 0.3 is 0 Å². The van der Waals surface area contributed by atoms with Gasteiger partial charge in [-0.15, -0.1) is 0 Å². The first-order chi connectivity index (χ1) is 12.5. The molecule has 7 heteroatoms. The van der Waals surface area contributed by atoms with Gasteiger partial charge in [0.05, 0.1) is 17.9 Å². The minimum atomic E-state index is -0.156. The number of aromatic nitrogens is 2. The summed E-state index contributed by atoms with van der Waals surface area (Å²) < 4.78 is 5.18. The van der Waals surface area contributed by atoms with Crippen molar-refractivity contribution in [1.29, 1.82) is 0 Å². The molecule has 0 aliphatic carbocycles. The van der Waals surface area contributed by atoms with Gasteiger partial charge in [-0.1, -0.05) is 25.1 Å². The fraction of sp³-hybridized carbons (Fsp3) is 0.474. The van der Waals surface area contributed by atoms with Crippen LogP contribution in [0.2, 0.25) is 0 Å². The van der Waals surface area contributed by atoms with Crippen LogP contribution in [-0.4, -0.2) is 39.9 Å². The van der Waals surface area contributed by atoms with E-state index in [1.165, 1.54) is 0 Å². The predicted molar refractivity (Wildman–Crippen MR) is 95.3 cm³/mol. The smallest absolute Gasteiger partial charge is 0.292 e. The lowest BCUT2D eigenvalue weighted by atomic mass is 9.95. The zero-order chi connectivity index (χ0) is 18.5. The van der Waals surface area contributed by atoms with Crippen LogP contribution in [0.4, 0.5) is 0 Å². The van der Waals surface area contributed by atoms with Crippen LogP contribution in [0.25, 0.3) is 0 Å². The van der Waals surface area contributed by atoms with Crippen molar-refractivity contribution in [2.45, 2.75) is 39.2 Å². The first kappa shape index (κ1) is 18.1. The number of pyridine rings is 1. The Bertz CT molecular complexity index is 749. The van der Waals surface area contributed by atoms with E-state index in [0.29, 0.717) is 32.5 Å². The Labute approximate surface area is 152 Å². The predicted octanol–water partition coefficient (Wildman–Crippen LogP) is 2.36. The molecule has 7 nitrogen and oxygen atoms in total. The first-order valence-corrected chi connectivity index (χ1v) is 8.98. The molecule has 0 atom stereocenters. The molecular weight excluding hydrogens is 332 g/mol. The van der Waals surface area contributed by atoms with Gasteiger partial charge in [-0.25, -0.2) is 0 Å². The van der Waals surface area contributed by atoms with Crippen LogP contribution in [0.3, 0.4) is 0 Å². The van der Waals surface area contributed by atoms with Crippen molar-refractivity contribution >= 4 is 11.8 Å². The molecule has 2 aromatic rings. The molecule has 26 heavy (non-hydrogen) atoms. The topological polar surface area (TPSA) is 88.3 Å². The highest BCUT2D eigenvalue weighted by molar-refractivity contribution is 5.91. The highest BCUT2D eigenvalue weighted by atomic mass is 16.5. The molecule has 1 saturated heterocycles. The van der Waals surface area contributed by atoms with Gasteiger partial charge in [0.2, 0.25) is 11.7 Å². The molecule has 0 aromatic carbocycles. The summed E-state index contributed by atoms with van der Waals surface area (Å²) in [4.78, 5) is 30.8. The van der Waals surface area contributed by atoms with Crippen molar-refractivity contribution in [3.63, 3.8) is 0 Å². The number of hydrogen-bond acceptors (Lipinski definition) is 5. The largest absolute Gasteiger partial charge is 0.351 e. The van der Waals surface area contributed by atoms with E-state index in [9.17, 15) is 9.59 Å². The molecule has 0 radical (unpaired) electrons. The van der Waals surface area contributed by atoms with Gasteiger partial charge < -0.3 is 14.7 Å². The minimum Gasteiger partial charge on any atom is -0.351 e. The quantitative estimate of drug-likeness (QED) is 0.888. The fourth-order valence-corrected chi connectivity index (χ4v) is 2.99. The van der Waals surface area contributed by atoms with Crippen LogP contribution < -0.4 is 5.32 Å². The number of likely N-dealkylation sites (tertiary alicyclic amines) is 1. The molecule has 0 unspecified atom stereocenters. The number of carbonyl (C=O) groups excluding carboxylic acids is 2. The van der Waals surface area contributed by atoms with E-state index in [1.54, 1.807) is 17.2 Å². The van der Waals surface area contributed by atoms with Crippen molar-refractivity contribution < 1.29 is 14.1 Å². The van der Waals surface area contributed by atoms with Crippen molar-refractivity contribution in [3.05, 3.63) is 47.6 Å². The van der Waals surface area contributed by atoms with E-state index in [2.05, 4.69) is 15.5 Å². The second kappa shape index (κ2) is 8.12. The van der Waals surface area contributed by atoms with Crippen LogP contribution in [0.15, 0.2) is 35.0 Å². The van der Waals surface area contributed by atoms with E-state index in [-0.39, 0.29) is 29.4 Å². The lowest BCUT2D eigenvalue weighted by Crippen LogP contribution is -2.42. The number of nitrogens with zero attached hydrogens (tertiary/aromatic N) is 3. The molecule has 0 saturated carbocycles. The first-order valence-electron chi connectivity index (χ1n) is 8.98. The number of nitrogens with one attached hydrogen (secondary N) is 1.